The number of nitrogens with zero attached hydrogens (tertiary/aromatic N) is 7. The van der Waals surface area contributed by atoms with Crippen LogP contribution in [0.25, 0.3) is 11.0 Å². The van der Waals surface area contributed by atoms with Crippen molar-refractivity contribution in [1.29, 1.82) is 0 Å². The van der Waals surface area contributed by atoms with E-state index in [9.17, 15) is 0 Å². The van der Waals surface area contributed by atoms with Gasteiger partial charge in [-0.1, -0.05) is 0 Å². The first-order chi connectivity index (χ1) is 13.1. The minimum Gasteiger partial charge on any atom is -0.367 e. The molecule has 0 saturated carbocycles. The van der Waals surface area contributed by atoms with Gasteiger partial charge in [-0.2, -0.15) is 5.10 Å². The molecular weight excluding hydrogens is 489 g/mol. The summed E-state index contributed by atoms with van der Waals surface area (Å²) in [6.07, 6.45) is 3.32. The van der Waals surface area contributed by atoms with E-state index in [4.69, 9.17) is 4.99 Å². The fraction of sp³-hybridized carbons (Fsp3) is 0.471. The SMILES string of the molecule is CCNC(=NCCNc1ncnc2c1cnn2C)N(C)Cc1csc(C)n1.I. The van der Waals surface area contributed by atoms with Crippen molar-refractivity contribution in [2.24, 2.45) is 12.0 Å². The summed E-state index contributed by atoms with van der Waals surface area (Å²) in [6.45, 7) is 6.91. The molecule has 152 valence electrons. The lowest BCUT2D eigenvalue weighted by atomic mass is 10.4. The third-order valence-electron chi connectivity index (χ3n) is 3.96. The summed E-state index contributed by atoms with van der Waals surface area (Å²) in [5.74, 6) is 1.64. The maximum absolute atomic E-state index is 4.70. The highest BCUT2D eigenvalue weighted by Gasteiger charge is 2.09. The predicted octanol–water partition coefficient (Wildman–Crippen LogP) is 2.26. The van der Waals surface area contributed by atoms with Gasteiger partial charge in [0.2, 0.25) is 0 Å². The third kappa shape index (κ3) is 5.50. The van der Waals surface area contributed by atoms with Gasteiger partial charge in [0.15, 0.2) is 11.6 Å². The van der Waals surface area contributed by atoms with Gasteiger partial charge in [-0.25, -0.2) is 15.0 Å². The van der Waals surface area contributed by atoms with E-state index in [1.807, 2.05) is 21.0 Å². The van der Waals surface area contributed by atoms with E-state index in [2.05, 4.69) is 47.9 Å². The molecule has 28 heavy (non-hydrogen) atoms. The number of guanidine groups is 1. The second-order valence-electron chi connectivity index (χ2n) is 6.10. The van der Waals surface area contributed by atoms with Crippen LogP contribution in [-0.2, 0) is 13.6 Å². The van der Waals surface area contributed by atoms with Crippen LogP contribution in [0.1, 0.15) is 17.6 Å². The van der Waals surface area contributed by atoms with Gasteiger partial charge < -0.3 is 15.5 Å². The van der Waals surface area contributed by atoms with E-state index in [1.54, 1.807) is 28.5 Å². The van der Waals surface area contributed by atoms with Gasteiger partial charge >= 0.3 is 0 Å². The Morgan fingerprint density at radius 1 is 1.36 bits per heavy atom. The lowest BCUT2D eigenvalue weighted by molar-refractivity contribution is 0.471. The number of aromatic nitrogens is 5. The molecule has 3 aromatic heterocycles. The minimum absolute atomic E-state index is 0. The molecule has 0 saturated heterocycles. The summed E-state index contributed by atoms with van der Waals surface area (Å²) >= 11 is 1.67. The first-order valence-electron chi connectivity index (χ1n) is 8.85. The zero-order valence-corrected chi connectivity index (χ0v) is 19.7. The quantitative estimate of drug-likeness (QED) is 0.216. The average Bonchev–Trinajstić information content (AvgIpc) is 3.24. The Labute approximate surface area is 185 Å². The molecule has 3 rings (SSSR count). The molecule has 0 amide bonds. The Kier molecular flexibility index (Phi) is 8.35. The van der Waals surface area contributed by atoms with E-state index in [-0.39, 0.29) is 24.0 Å². The molecule has 2 N–H and O–H groups in total. The van der Waals surface area contributed by atoms with Crippen LogP contribution in [0, 0.1) is 6.92 Å². The Morgan fingerprint density at radius 3 is 2.89 bits per heavy atom. The van der Waals surface area contributed by atoms with E-state index in [1.165, 1.54) is 0 Å². The van der Waals surface area contributed by atoms with Gasteiger partial charge in [0.05, 0.1) is 35.4 Å². The van der Waals surface area contributed by atoms with Crippen LogP contribution in [0.5, 0.6) is 0 Å². The number of anilines is 1. The van der Waals surface area contributed by atoms with Crippen molar-refractivity contribution in [2.75, 3.05) is 32.0 Å². The normalized spacial score (nSPS) is 11.4. The van der Waals surface area contributed by atoms with Gasteiger partial charge in [-0.3, -0.25) is 9.67 Å². The third-order valence-corrected chi connectivity index (χ3v) is 4.78. The molecule has 0 aromatic carbocycles. The number of aliphatic imine (C=N–C) groups is 1. The Bertz CT molecular complexity index is 920. The number of hydrogen-bond acceptors (Lipinski definition) is 7. The largest absolute Gasteiger partial charge is 0.367 e. The fourth-order valence-electron chi connectivity index (χ4n) is 2.71. The van der Waals surface area contributed by atoms with Crippen molar-refractivity contribution >= 4 is 58.1 Å². The van der Waals surface area contributed by atoms with Crippen molar-refractivity contribution in [1.82, 2.24) is 34.9 Å². The summed E-state index contributed by atoms with van der Waals surface area (Å²) in [7, 11) is 3.89. The maximum atomic E-state index is 4.70. The second-order valence-corrected chi connectivity index (χ2v) is 7.17. The summed E-state index contributed by atoms with van der Waals surface area (Å²) < 4.78 is 1.73. The minimum atomic E-state index is 0. The van der Waals surface area contributed by atoms with E-state index >= 15 is 0 Å². The van der Waals surface area contributed by atoms with Gasteiger partial charge in [0.1, 0.15) is 12.1 Å². The summed E-state index contributed by atoms with van der Waals surface area (Å²) in [6, 6.07) is 0. The Hall–Kier alpha value is -2.02. The van der Waals surface area contributed by atoms with Crippen molar-refractivity contribution < 1.29 is 0 Å². The lowest BCUT2D eigenvalue weighted by Gasteiger charge is -2.21. The van der Waals surface area contributed by atoms with Gasteiger partial charge in [-0.15, -0.1) is 35.3 Å². The summed E-state index contributed by atoms with van der Waals surface area (Å²) in [4.78, 5) is 19.9. The van der Waals surface area contributed by atoms with Crippen LogP contribution in [0.15, 0.2) is 22.9 Å². The number of nitrogens with one attached hydrogen (secondary N) is 2. The molecule has 9 nitrogen and oxygen atoms in total. The standard InChI is InChI=1S/C17H25N9S.HI/c1-5-18-17(25(3)9-13-10-27-12(2)24-13)20-7-6-19-15-14-8-23-26(4)16(14)22-11-21-15;/h8,10-11H,5-7,9H2,1-4H3,(H,18,20)(H,19,21,22);1H. The number of rotatable bonds is 7. The van der Waals surface area contributed by atoms with Gasteiger partial charge in [0.25, 0.3) is 0 Å². The number of fused-ring (bicyclic) bond motifs is 1. The van der Waals surface area contributed by atoms with Crippen molar-refractivity contribution in [3.05, 3.63) is 28.6 Å². The van der Waals surface area contributed by atoms with E-state index in [0.717, 1.165) is 46.6 Å². The Morgan fingerprint density at radius 2 is 2.18 bits per heavy atom. The highest BCUT2D eigenvalue weighted by molar-refractivity contribution is 14.0. The number of aryl methyl sites for hydroxylation is 2. The molecule has 0 aliphatic heterocycles. The smallest absolute Gasteiger partial charge is 0.194 e. The van der Waals surface area contributed by atoms with Crippen molar-refractivity contribution in [3.8, 4) is 0 Å². The van der Waals surface area contributed by atoms with Crippen LogP contribution in [-0.4, -0.2) is 62.3 Å². The zero-order valence-electron chi connectivity index (χ0n) is 16.5. The van der Waals surface area contributed by atoms with E-state index < -0.39 is 0 Å². The van der Waals surface area contributed by atoms with Gasteiger partial charge in [-0.05, 0) is 13.8 Å². The predicted molar refractivity (Wildman–Crippen MR) is 125 cm³/mol. The Balaban J connectivity index is 0.00000280. The first kappa shape index (κ1) is 22.3. The average molecular weight is 515 g/mol. The van der Waals surface area contributed by atoms with Crippen LogP contribution in [0.3, 0.4) is 0 Å². The molecular formula is C17H26IN9S. The summed E-state index contributed by atoms with van der Waals surface area (Å²) in [5, 5.41) is 15.0. The van der Waals surface area contributed by atoms with Crippen LogP contribution >= 0.6 is 35.3 Å². The molecule has 0 aliphatic rings. The van der Waals surface area contributed by atoms with Crippen LogP contribution < -0.4 is 10.6 Å². The fourth-order valence-corrected chi connectivity index (χ4v) is 3.31. The van der Waals surface area contributed by atoms with Crippen molar-refractivity contribution in [3.63, 3.8) is 0 Å². The molecule has 0 aliphatic carbocycles. The highest BCUT2D eigenvalue weighted by Crippen LogP contribution is 2.17. The molecule has 0 atom stereocenters. The van der Waals surface area contributed by atoms with E-state index in [0.29, 0.717) is 13.1 Å². The zero-order chi connectivity index (χ0) is 19.2. The molecule has 11 heteroatoms. The maximum Gasteiger partial charge on any atom is 0.194 e. The topological polar surface area (TPSA) is 96.2 Å². The summed E-state index contributed by atoms with van der Waals surface area (Å²) in [5.41, 5.74) is 1.87. The molecule has 3 aromatic rings. The number of halogens is 1. The molecule has 0 fully saturated rings. The van der Waals surface area contributed by atoms with Gasteiger partial charge in [0, 0.05) is 32.6 Å². The van der Waals surface area contributed by atoms with Crippen molar-refractivity contribution in [2.45, 2.75) is 20.4 Å². The molecule has 0 unspecified atom stereocenters. The number of hydrogen-bond donors (Lipinski definition) is 2. The lowest BCUT2D eigenvalue weighted by Crippen LogP contribution is -2.38. The highest BCUT2D eigenvalue weighted by atomic mass is 127. The van der Waals surface area contributed by atoms with Crippen LogP contribution in [0.4, 0.5) is 5.82 Å². The monoisotopic (exact) mass is 515 g/mol. The second kappa shape index (κ2) is 10.5. The van der Waals surface area contributed by atoms with Crippen LogP contribution in [0.2, 0.25) is 0 Å². The first-order valence-corrected chi connectivity index (χ1v) is 9.73. The number of thiazole rings is 1. The molecule has 0 radical (unpaired) electrons. The molecule has 0 bridgehead atoms. The molecule has 3 heterocycles. The molecule has 0 spiro atoms.